The summed E-state index contributed by atoms with van der Waals surface area (Å²) in [6, 6.07) is 7.49. The maximum absolute atomic E-state index is 10.1. The van der Waals surface area contributed by atoms with Gasteiger partial charge in [0.1, 0.15) is 0 Å². The Labute approximate surface area is 106 Å². The maximum Gasteiger partial charge on any atom is 0.0900 e. The second-order valence-corrected chi connectivity index (χ2v) is 5.65. The Bertz CT molecular complexity index is 372. The zero-order chi connectivity index (χ0) is 12.3. The molecule has 94 valence electrons. The van der Waals surface area contributed by atoms with Gasteiger partial charge in [0.25, 0.3) is 0 Å². The number of aliphatic hydroxyl groups excluding tert-OH is 1. The Morgan fingerprint density at radius 2 is 2.29 bits per heavy atom. The second kappa shape index (κ2) is 5.76. The van der Waals surface area contributed by atoms with Gasteiger partial charge >= 0.3 is 0 Å². The van der Waals surface area contributed by atoms with Crippen LogP contribution in [0.3, 0.4) is 0 Å². The number of benzene rings is 1. The minimum atomic E-state index is -0.492. The van der Waals surface area contributed by atoms with E-state index in [-0.39, 0.29) is 0 Å². The van der Waals surface area contributed by atoms with Crippen molar-refractivity contribution in [1.82, 2.24) is 0 Å². The van der Waals surface area contributed by atoms with Crippen LogP contribution in [0.15, 0.2) is 24.3 Å². The Morgan fingerprint density at radius 1 is 1.53 bits per heavy atom. The smallest absolute Gasteiger partial charge is 0.0900 e. The molecule has 17 heavy (non-hydrogen) atoms. The van der Waals surface area contributed by atoms with Gasteiger partial charge in [0.2, 0.25) is 0 Å². The second-order valence-electron chi connectivity index (χ2n) is 4.38. The highest BCUT2D eigenvalue weighted by atomic mass is 32.2. The molecule has 3 atom stereocenters. The fourth-order valence-electron chi connectivity index (χ4n) is 2.05. The van der Waals surface area contributed by atoms with Crippen LogP contribution in [0.2, 0.25) is 0 Å². The Kier molecular flexibility index (Phi) is 4.31. The zero-order valence-electron chi connectivity index (χ0n) is 10.0. The molecule has 1 aliphatic heterocycles. The molecule has 1 fully saturated rings. The van der Waals surface area contributed by atoms with Crippen molar-refractivity contribution in [3.8, 4) is 0 Å². The highest BCUT2D eigenvalue weighted by Crippen LogP contribution is 2.31. The number of para-hydroxylation sites is 1. The van der Waals surface area contributed by atoms with Gasteiger partial charge in [-0.3, -0.25) is 0 Å². The maximum atomic E-state index is 10.1. The molecule has 1 aromatic rings. The van der Waals surface area contributed by atoms with Crippen molar-refractivity contribution in [2.45, 2.75) is 30.8 Å². The lowest BCUT2D eigenvalue weighted by Crippen LogP contribution is -2.16. The lowest BCUT2D eigenvalue weighted by atomic mass is 10.1. The SMILES string of the molecule is CC1OCCC1SCC(O)c1ccccc1N. The molecule has 3 unspecified atom stereocenters. The Morgan fingerprint density at radius 3 is 2.94 bits per heavy atom. The van der Waals surface area contributed by atoms with E-state index in [1.165, 1.54) is 0 Å². The van der Waals surface area contributed by atoms with Crippen molar-refractivity contribution in [3.05, 3.63) is 29.8 Å². The van der Waals surface area contributed by atoms with Crippen LogP contribution in [0.1, 0.15) is 25.0 Å². The lowest BCUT2D eigenvalue weighted by Gasteiger charge is -2.17. The third-order valence-corrected chi connectivity index (χ3v) is 4.69. The summed E-state index contributed by atoms with van der Waals surface area (Å²) in [5.74, 6) is 0.673. The summed E-state index contributed by atoms with van der Waals surface area (Å²) in [4.78, 5) is 0. The predicted octanol–water partition coefficient (Wildman–Crippen LogP) is 2.21. The summed E-state index contributed by atoms with van der Waals surface area (Å²) in [5.41, 5.74) is 7.33. The molecule has 0 aliphatic carbocycles. The molecule has 1 aromatic carbocycles. The topological polar surface area (TPSA) is 55.5 Å². The first-order valence-corrected chi connectivity index (χ1v) is 6.99. The first-order chi connectivity index (χ1) is 8.18. The molecular formula is C13H19NO2S. The van der Waals surface area contributed by atoms with E-state index >= 15 is 0 Å². The number of nitrogen functional groups attached to an aromatic ring is 1. The van der Waals surface area contributed by atoms with E-state index in [0.717, 1.165) is 18.6 Å². The summed E-state index contributed by atoms with van der Waals surface area (Å²) in [6.07, 6.45) is 0.873. The van der Waals surface area contributed by atoms with E-state index in [2.05, 4.69) is 6.92 Å². The van der Waals surface area contributed by atoms with Gasteiger partial charge in [-0.25, -0.2) is 0 Å². The molecule has 0 spiro atoms. The summed E-state index contributed by atoms with van der Waals surface area (Å²) < 4.78 is 5.50. The number of nitrogens with two attached hydrogens (primary N) is 1. The molecule has 0 aromatic heterocycles. The number of hydrogen-bond acceptors (Lipinski definition) is 4. The van der Waals surface area contributed by atoms with Gasteiger partial charge in [-0.15, -0.1) is 0 Å². The number of thioether (sulfide) groups is 1. The van der Waals surface area contributed by atoms with E-state index in [4.69, 9.17) is 10.5 Å². The van der Waals surface area contributed by atoms with Crippen LogP contribution in [0.4, 0.5) is 5.69 Å². The van der Waals surface area contributed by atoms with Crippen LogP contribution < -0.4 is 5.73 Å². The zero-order valence-corrected chi connectivity index (χ0v) is 10.8. The normalized spacial score (nSPS) is 26.0. The van der Waals surface area contributed by atoms with Gasteiger partial charge in [-0.05, 0) is 19.4 Å². The first kappa shape index (κ1) is 12.7. The molecule has 3 nitrogen and oxygen atoms in total. The van der Waals surface area contributed by atoms with Gasteiger partial charge in [-0.1, -0.05) is 18.2 Å². The van der Waals surface area contributed by atoms with E-state index < -0.39 is 6.10 Å². The molecule has 3 N–H and O–H groups in total. The van der Waals surface area contributed by atoms with Crippen LogP contribution in [-0.4, -0.2) is 28.8 Å². The van der Waals surface area contributed by atoms with Gasteiger partial charge in [-0.2, -0.15) is 11.8 Å². The number of anilines is 1. The van der Waals surface area contributed by atoms with Crippen molar-refractivity contribution in [1.29, 1.82) is 0 Å². The molecule has 0 saturated carbocycles. The van der Waals surface area contributed by atoms with Crippen molar-refractivity contribution in [2.75, 3.05) is 18.1 Å². The van der Waals surface area contributed by atoms with Gasteiger partial charge in [0.15, 0.2) is 0 Å². The van der Waals surface area contributed by atoms with Gasteiger partial charge in [0, 0.05) is 28.9 Å². The Hall–Kier alpha value is -0.710. The molecule has 0 amide bonds. The predicted molar refractivity (Wildman–Crippen MR) is 72.1 cm³/mol. The minimum Gasteiger partial charge on any atom is -0.398 e. The molecule has 1 aliphatic rings. The van der Waals surface area contributed by atoms with Gasteiger partial charge in [0.05, 0.1) is 12.2 Å². The van der Waals surface area contributed by atoms with Crippen LogP contribution in [0, 0.1) is 0 Å². The van der Waals surface area contributed by atoms with Crippen molar-refractivity contribution in [3.63, 3.8) is 0 Å². The van der Waals surface area contributed by atoms with Gasteiger partial charge < -0.3 is 15.6 Å². The monoisotopic (exact) mass is 253 g/mol. The molecule has 1 heterocycles. The lowest BCUT2D eigenvalue weighted by molar-refractivity contribution is 0.127. The number of rotatable bonds is 4. The molecule has 4 heteroatoms. The Balaban J connectivity index is 1.89. The fraction of sp³-hybridized carbons (Fsp3) is 0.538. The highest BCUT2D eigenvalue weighted by Gasteiger charge is 2.25. The highest BCUT2D eigenvalue weighted by molar-refractivity contribution is 8.00. The average molecular weight is 253 g/mol. The first-order valence-electron chi connectivity index (χ1n) is 5.94. The van der Waals surface area contributed by atoms with E-state index in [1.807, 2.05) is 24.3 Å². The van der Waals surface area contributed by atoms with Crippen molar-refractivity contribution in [2.24, 2.45) is 0 Å². The van der Waals surface area contributed by atoms with Crippen LogP contribution in [0.25, 0.3) is 0 Å². The number of hydrogen-bond donors (Lipinski definition) is 2. The molecule has 1 saturated heterocycles. The van der Waals surface area contributed by atoms with E-state index in [1.54, 1.807) is 11.8 Å². The third kappa shape index (κ3) is 3.15. The number of ether oxygens (including phenoxy) is 1. The van der Waals surface area contributed by atoms with E-state index in [9.17, 15) is 5.11 Å². The van der Waals surface area contributed by atoms with E-state index in [0.29, 0.717) is 22.8 Å². The van der Waals surface area contributed by atoms with Crippen LogP contribution in [-0.2, 0) is 4.74 Å². The quantitative estimate of drug-likeness (QED) is 0.808. The minimum absolute atomic E-state index is 0.292. The fourth-order valence-corrected chi connectivity index (χ4v) is 3.27. The van der Waals surface area contributed by atoms with Crippen molar-refractivity contribution < 1.29 is 9.84 Å². The summed E-state index contributed by atoms with van der Waals surface area (Å²) in [6.45, 7) is 2.93. The van der Waals surface area contributed by atoms with Crippen LogP contribution >= 0.6 is 11.8 Å². The third-order valence-electron chi connectivity index (χ3n) is 3.13. The molecule has 0 bridgehead atoms. The molecular weight excluding hydrogens is 234 g/mol. The summed E-state index contributed by atoms with van der Waals surface area (Å²) in [7, 11) is 0. The largest absolute Gasteiger partial charge is 0.398 e. The standard InChI is InChI=1S/C13H19NO2S/c1-9-13(6-7-16-9)17-8-12(15)10-4-2-3-5-11(10)14/h2-5,9,12-13,15H,6-8,14H2,1H3. The van der Waals surface area contributed by atoms with Crippen LogP contribution in [0.5, 0.6) is 0 Å². The summed E-state index contributed by atoms with van der Waals surface area (Å²) >= 11 is 1.77. The number of aliphatic hydroxyl groups is 1. The molecule has 2 rings (SSSR count). The summed E-state index contributed by atoms with van der Waals surface area (Å²) in [5, 5.41) is 10.6. The molecule has 0 radical (unpaired) electrons. The average Bonchev–Trinajstić information content (AvgIpc) is 2.72. The van der Waals surface area contributed by atoms with Crippen molar-refractivity contribution >= 4 is 17.4 Å².